The summed E-state index contributed by atoms with van der Waals surface area (Å²) in [6.45, 7) is 1.71. The molecule has 1 aliphatic carbocycles. The Morgan fingerprint density at radius 3 is 2.44 bits per heavy atom. The molecule has 1 amide bonds. The van der Waals surface area contributed by atoms with Crippen LogP contribution >= 0.6 is 23.2 Å². The van der Waals surface area contributed by atoms with Crippen LogP contribution in [0.5, 0.6) is 0 Å². The second-order valence-electron chi connectivity index (χ2n) is 9.13. The van der Waals surface area contributed by atoms with Crippen molar-refractivity contribution in [2.75, 3.05) is 5.32 Å². The van der Waals surface area contributed by atoms with Crippen LogP contribution in [0.2, 0.25) is 10.0 Å². The van der Waals surface area contributed by atoms with Crippen molar-refractivity contribution in [3.63, 3.8) is 0 Å². The number of nitrogens with one attached hydrogen (secondary N) is 1. The van der Waals surface area contributed by atoms with E-state index in [1.54, 1.807) is 36.9 Å². The van der Waals surface area contributed by atoms with E-state index in [0.29, 0.717) is 28.4 Å². The molecule has 11 heteroatoms. The monoisotopic (exact) mass is 536 g/mol. The molecule has 1 N–H and O–H groups in total. The third-order valence-corrected chi connectivity index (χ3v) is 6.89. The Balaban J connectivity index is 1.38. The maximum absolute atomic E-state index is 14.3. The number of amides is 1. The predicted molar refractivity (Wildman–Crippen MR) is 131 cm³/mol. The number of aryl methyl sites for hydroxylation is 2. The Bertz CT molecular complexity index is 1380. The number of aromatic nitrogens is 2. The van der Waals surface area contributed by atoms with Crippen molar-refractivity contribution in [1.82, 2.24) is 9.78 Å². The fourth-order valence-corrected chi connectivity index (χ4v) is 4.84. The first kappa shape index (κ1) is 24.6. The van der Waals surface area contributed by atoms with Gasteiger partial charge >= 0.3 is 6.18 Å². The molecule has 0 bridgehead atoms. The summed E-state index contributed by atoms with van der Waals surface area (Å²) in [4.78, 5) is 18.0. The van der Waals surface area contributed by atoms with Crippen molar-refractivity contribution in [2.24, 2.45) is 12.2 Å². The van der Waals surface area contributed by atoms with Gasteiger partial charge < -0.3 is 10.2 Å². The molecule has 2 heterocycles. The standard InChI is InChI=1S/C25H21Cl2F3N4O2/c1-13-7-15(5-6-19(13)23(35)31-22-11-20(14-3-4-14)32-34(22)2)21-12-24(36-33-21,25(28,29)30)16-8-17(26)10-18(27)9-16/h5-11,14H,3-4,12H2,1-2H3,(H,31,35). The van der Waals surface area contributed by atoms with Crippen molar-refractivity contribution < 1.29 is 22.8 Å². The van der Waals surface area contributed by atoms with Gasteiger partial charge in [0.25, 0.3) is 11.5 Å². The number of halogens is 5. The SMILES string of the molecule is Cc1cc(C2=NOC(c3cc(Cl)cc(Cl)c3)(C(F)(F)F)C2)ccc1C(=O)Nc1cc(C2CC2)nn1C. The van der Waals surface area contributed by atoms with Crippen LogP contribution in [-0.2, 0) is 17.5 Å². The lowest BCUT2D eigenvalue weighted by molar-refractivity contribution is -0.275. The minimum Gasteiger partial charge on any atom is -0.374 e. The second-order valence-corrected chi connectivity index (χ2v) is 10.00. The summed E-state index contributed by atoms with van der Waals surface area (Å²) >= 11 is 11.9. The van der Waals surface area contributed by atoms with Crippen molar-refractivity contribution in [1.29, 1.82) is 0 Å². The normalized spacial score (nSPS) is 19.7. The summed E-state index contributed by atoms with van der Waals surface area (Å²) < 4.78 is 44.4. The van der Waals surface area contributed by atoms with Gasteiger partial charge in [-0.1, -0.05) is 34.4 Å². The van der Waals surface area contributed by atoms with E-state index >= 15 is 0 Å². The van der Waals surface area contributed by atoms with Crippen LogP contribution in [0.25, 0.3) is 0 Å². The molecule has 1 atom stereocenters. The predicted octanol–water partition coefficient (Wildman–Crippen LogP) is 6.75. The van der Waals surface area contributed by atoms with Gasteiger partial charge in [0.2, 0.25) is 0 Å². The maximum Gasteiger partial charge on any atom is 0.435 e. The molecule has 1 saturated carbocycles. The number of benzene rings is 2. The van der Waals surface area contributed by atoms with Gasteiger partial charge in [0.15, 0.2) is 0 Å². The highest BCUT2D eigenvalue weighted by atomic mass is 35.5. The molecule has 2 aromatic carbocycles. The number of hydrogen-bond donors (Lipinski definition) is 1. The Morgan fingerprint density at radius 2 is 1.83 bits per heavy atom. The van der Waals surface area contributed by atoms with Gasteiger partial charge in [0.05, 0.1) is 11.4 Å². The Hall–Kier alpha value is -3.04. The van der Waals surface area contributed by atoms with E-state index in [0.717, 1.165) is 18.5 Å². The molecule has 0 radical (unpaired) electrons. The van der Waals surface area contributed by atoms with Crippen molar-refractivity contribution in [3.05, 3.63) is 80.5 Å². The van der Waals surface area contributed by atoms with E-state index < -0.39 is 18.2 Å². The summed E-state index contributed by atoms with van der Waals surface area (Å²) in [6, 6.07) is 10.3. The summed E-state index contributed by atoms with van der Waals surface area (Å²) in [7, 11) is 1.76. The molecule has 2 aliphatic rings. The summed E-state index contributed by atoms with van der Waals surface area (Å²) in [5.41, 5.74) is -0.531. The number of nitrogens with zero attached hydrogens (tertiary/aromatic N) is 3. The van der Waals surface area contributed by atoms with E-state index in [1.165, 1.54) is 18.2 Å². The zero-order valence-corrected chi connectivity index (χ0v) is 20.8. The second kappa shape index (κ2) is 8.81. The van der Waals surface area contributed by atoms with Crippen LogP contribution in [-0.4, -0.2) is 27.6 Å². The number of alkyl halides is 3. The lowest BCUT2D eigenvalue weighted by Gasteiger charge is -2.29. The number of rotatable bonds is 5. The first-order valence-electron chi connectivity index (χ1n) is 11.2. The molecular formula is C25H21Cl2F3N4O2. The smallest absolute Gasteiger partial charge is 0.374 e. The van der Waals surface area contributed by atoms with Crippen LogP contribution in [0.4, 0.5) is 19.0 Å². The van der Waals surface area contributed by atoms with Gasteiger partial charge in [0, 0.05) is 46.6 Å². The van der Waals surface area contributed by atoms with Crippen LogP contribution in [0, 0.1) is 6.92 Å². The highest BCUT2D eigenvalue weighted by molar-refractivity contribution is 6.34. The van der Waals surface area contributed by atoms with Crippen LogP contribution in [0.1, 0.15) is 57.9 Å². The zero-order chi connectivity index (χ0) is 25.8. The molecule has 36 heavy (non-hydrogen) atoms. The molecule has 0 saturated heterocycles. The number of carbonyl (C=O) groups excluding carboxylic acids is 1. The number of carbonyl (C=O) groups is 1. The lowest BCUT2D eigenvalue weighted by atomic mass is 9.86. The lowest BCUT2D eigenvalue weighted by Crippen LogP contribution is -2.42. The first-order chi connectivity index (χ1) is 17.0. The zero-order valence-electron chi connectivity index (χ0n) is 19.3. The van der Waals surface area contributed by atoms with E-state index in [-0.39, 0.29) is 27.2 Å². The van der Waals surface area contributed by atoms with E-state index in [1.807, 2.05) is 6.07 Å². The third-order valence-electron chi connectivity index (χ3n) is 6.46. The van der Waals surface area contributed by atoms with Crippen LogP contribution in [0.3, 0.4) is 0 Å². The maximum atomic E-state index is 14.3. The summed E-state index contributed by atoms with van der Waals surface area (Å²) in [5.74, 6) is 0.685. The summed E-state index contributed by atoms with van der Waals surface area (Å²) in [6.07, 6.45) is -3.17. The van der Waals surface area contributed by atoms with Gasteiger partial charge in [-0.15, -0.1) is 0 Å². The molecule has 188 valence electrons. The van der Waals surface area contributed by atoms with Gasteiger partial charge in [-0.25, -0.2) is 0 Å². The Kier molecular flexibility index (Phi) is 6.03. The number of oxime groups is 1. The Labute approximate surface area is 215 Å². The van der Waals surface area contributed by atoms with Crippen LogP contribution < -0.4 is 5.32 Å². The topological polar surface area (TPSA) is 68.5 Å². The largest absolute Gasteiger partial charge is 0.435 e. The van der Waals surface area contributed by atoms with Crippen molar-refractivity contribution >= 4 is 40.6 Å². The molecule has 0 spiro atoms. The average Bonchev–Trinajstić information content (AvgIpc) is 3.42. The molecule has 1 unspecified atom stereocenters. The third kappa shape index (κ3) is 4.46. The molecule has 3 aromatic rings. The van der Waals surface area contributed by atoms with Crippen molar-refractivity contribution in [2.45, 2.75) is 43.9 Å². The van der Waals surface area contributed by atoms with Crippen molar-refractivity contribution in [3.8, 4) is 0 Å². The van der Waals surface area contributed by atoms with E-state index in [2.05, 4.69) is 15.6 Å². The highest BCUT2D eigenvalue weighted by Gasteiger charge is 2.62. The molecule has 1 aromatic heterocycles. The molecule has 1 aliphatic heterocycles. The van der Waals surface area contributed by atoms with Gasteiger partial charge in [0.1, 0.15) is 5.82 Å². The molecular weight excluding hydrogens is 516 g/mol. The Morgan fingerprint density at radius 1 is 1.14 bits per heavy atom. The van der Waals surface area contributed by atoms with Gasteiger partial charge in [-0.05, 0) is 61.2 Å². The number of anilines is 1. The molecule has 5 rings (SSSR count). The number of hydrogen-bond acceptors (Lipinski definition) is 4. The molecule has 6 nitrogen and oxygen atoms in total. The molecule has 1 fully saturated rings. The minimum absolute atomic E-state index is 0.0575. The summed E-state index contributed by atoms with van der Waals surface area (Å²) in [5, 5.41) is 11.2. The first-order valence-corrected chi connectivity index (χ1v) is 12.0. The quantitative estimate of drug-likeness (QED) is 0.392. The van der Waals surface area contributed by atoms with Gasteiger partial charge in [-0.2, -0.15) is 18.3 Å². The fraction of sp³-hybridized carbons (Fsp3) is 0.320. The van der Waals surface area contributed by atoms with E-state index in [4.69, 9.17) is 28.0 Å². The average molecular weight is 537 g/mol. The van der Waals surface area contributed by atoms with Gasteiger partial charge in [-0.3, -0.25) is 9.48 Å². The minimum atomic E-state index is -4.79. The van der Waals surface area contributed by atoms with E-state index in [9.17, 15) is 18.0 Å². The van der Waals surface area contributed by atoms with Crippen LogP contribution in [0.15, 0.2) is 47.6 Å². The highest BCUT2D eigenvalue weighted by Crippen LogP contribution is 2.49. The fourth-order valence-electron chi connectivity index (χ4n) is 4.31.